The second-order valence-electron chi connectivity index (χ2n) is 6.53. The molecule has 3 aromatic carbocycles. The zero-order valence-electron chi connectivity index (χ0n) is 14.8. The first-order valence-electron chi connectivity index (χ1n) is 8.42. The highest BCUT2D eigenvalue weighted by Gasteiger charge is 2.33. The lowest BCUT2D eigenvalue weighted by atomic mass is 9.88. The molecule has 126 valence electrons. The number of carbonyl (C=O) groups excluding carboxylic acids is 1. The lowest BCUT2D eigenvalue weighted by molar-refractivity contribution is 0.00614. The summed E-state index contributed by atoms with van der Waals surface area (Å²) in [4.78, 5) is 12.9. The average molecular weight is 330 g/mol. The standard InChI is InChI=1S/C23H22O2/c1-17-14-18(2)16-19(15-17)22(24)25-23(3,20-10-6-4-7-11-20)21-12-8-5-9-13-21/h4-16H,1-3H3. The summed E-state index contributed by atoms with van der Waals surface area (Å²) in [5.74, 6) is -0.318. The highest BCUT2D eigenvalue weighted by Crippen LogP contribution is 2.34. The van der Waals surface area contributed by atoms with E-state index in [1.54, 1.807) is 0 Å². The van der Waals surface area contributed by atoms with E-state index in [9.17, 15) is 4.79 Å². The van der Waals surface area contributed by atoms with Crippen LogP contribution in [-0.4, -0.2) is 5.97 Å². The maximum Gasteiger partial charge on any atom is 0.339 e. The van der Waals surface area contributed by atoms with Crippen molar-refractivity contribution in [3.63, 3.8) is 0 Å². The van der Waals surface area contributed by atoms with E-state index >= 15 is 0 Å². The SMILES string of the molecule is Cc1cc(C)cc(C(=O)OC(C)(c2ccccc2)c2ccccc2)c1. The summed E-state index contributed by atoms with van der Waals surface area (Å²) in [5.41, 5.74) is 3.71. The van der Waals surface area contributed by atoms with E-state index in [4.69, 9.17) is 4.74 Å². The van der Waals surface area contributed by atoms with Gasteiger partial charge in [-0.2, -0.15) is 0 Å². The molecule has 25 heavy (non-hydrogen) atoms. The number of esters is 1. The molecule has 0 bridgehead atoms. The summed E-state index contributed by atoms with van der Waals surface area (Å²) in [7, 11) is 0. The third kappa shape index (κ3) is 3.63. The molecule has 2 nitrogen and oxygen atoms in total. The summed E-state index contributed by atoms with van der Waals surface area (Å²) >= 11 is 0. The normalized spacial score (nSPS) is 11.2. The van der Waals surface area contributed by atoms with Crippen molar-refractivity contribution >= 4 is 5.97 Å². The topological polar surface area (TPSA) is 26.3 Å². The molecule has 0 aliphatic carbocycles. The molecule has 0 fully saturated rings. The Hall–Kier alpha value is -2.87. The predicted molar refractivity (Wildman–Crippen MR) is 101 cm³/mol. The van der Waals surface area contributed by atoms with Crippen LogP contribution in [-0.2, 0) is 10.3 Å². The van der Waals surface area contributed by atoms with Crippen molar-refractivity contribution in [2.45, 2.75) is 26.4 Å². The molecule has 0 saturated carbocycles. The number of rotatable bonds is 4. The number of aryl methyl sites for hydroxylation is 2. The van der Waals surface area contributed by atoms with Gasteiger partial charge in [0, 0.05) is 0 Å². The molecular formula is C23H22O2. The Balaban J connectivity index is 2.03. The fourth-order valence-corrected chi connectivity index (χ4v) is 3.13. The molecule has 0 aliphatic heterocycles. The van der Waals surface area contributed by atoms with Gasteiger partial charge in [0.25, 0.3) is 0 Å². The number of carbonyl (C=O) groups is 1. The number of hydrogen-bond donors (Lipinski definition) is 0. The van der Waals surface area contributed by atoms with Crippen molar-refractivity contribution < 1.29 is 9.53 Å². The Morgan fingerprint density at radius 2 is 1.20 bits per heavy atom. The van der Waals surface area contributed by atoms with Crippen LogP contribution in [0.1, 0.15) is 39.5 Å². The molecule has 0 aromatic heterocycles. The Kier molecular flexibility index (Phi) is 4.71. The molecule has 0 atom stereocenters. The van der Waals surface area contributed by atoms with Crippen LogP contribution in [0.4, 0.5) is 0 Å². The van der Waals surface area contributed by atoms with Crippen molar-refractivity contribution in [2.75, 3.05) is 0 Å². The quantitative estimate of drug-likeness (QED) is 0.597. The Morgan fingerprint density at radius 3 is 1.64 bits per heavy atom. The summed E-state index contributed by atoms with van der Waals surface area (Å²) in [6.07, 6.45) is 0. The van der Waals surface area contributed by atoms with Gasteiger partial charge in [-0.05, 0) is 44.0 Å². The highest BCUT2D eigenvalue weighted by atomic mass is 16.6. The molecule has 0 heterocycles. The van der Waals surface area contributed by atoms with E-state index < -0.39 is 5.60 Å². The van der Waals surface area contributed by atoms with E-state index in [2.05, 4.69) is 0 Å². The Labute approximate surface area is 149 Å². The van der Waals surface area contributed by atoms with Gasteiger partial charge in [0.2, 0.25) is 0 Å². The molecule has 0 radical (unpaired) electrons. The van der Waals surface area contributed by atoms with Crippen molar-refractivity contribution in [3.05, 3.63) is 107 Å². The summed E-state index contributed by atoms with van der Waals surface area (Å²) in [6.45, 7) is 5.91. The van der Waals surface area contributed by atoms with Gasteiger partial charge < -0.3 is 4.74 Å². The maximum absolute atomic E-state index is 12.9. The molecule has 0 N–H and O–H groups in total. The van der Waals surface area contributed by atoms with E-state index in [-0.39, 0.29) is 5.97 Å². The largest absolute Gasteiger partial charge is 0.446 e. The molecule has 0 aliphatic rings. The molecule has 0 spiro atoms. The number of hydrogen-bond acceptors (Lipinski definition) is 2. The van der Waals surface area contributed by atoms with Gasteiger partial charge in [-0.25, -0.2) is 4.79 Å². The minimum absolute atomic E-state index is 0.318. The molecule has 0 amide bonds. The summed E-state index contributed by atoms with van der Waals surface area (Å²) in [5, 5.41) is 0. The molecule has 3 aromatic rings. The van der Waals surface area contributed by atoms with Crippen LogP contribution < -0.4 is 0 Å². The molecule has 0 unspecified atom stereocenters. The van der Waals surface area contributed by atoms with Crippen molar-refractivity contribution in [1.82, 2.24) is 0 Å². The maximum atomic E-state index is 12.9. The van der Waals surface area contributed by atoms with Gasteiger partial charge in [-0.15, -0.1) is 0 Å². The van der Waals surface area contributed by atoms with Crippen molar-refractivity contribution in [2.24, 2.45) is 0 Å². The van der Waals surface area contributed by atoms with Crippen LogP contribution in [0.5, 0.6) is 0 Å². The highest BCUT2D eigenvalue weighted by molar-refractivity contribution is 5.90. The zero-order chi connectivity index (χ0) is 17.9. The van der Waals surface area contributed by atoms with Gasteiger partial charge in [0.15, 0.2) is 5.60 Å². The van der Waals surface area contributed by atoms with Crippen molar-refractivity contribution in [3.8, 4) is 0 Å². The lowest BCUT2D eigenvalue weighted by Gasteiger charge is -2.31. The first kappa shape index (κ1) is 17.0. The fraction of sp³-hybridized carbons (Fsp3) is 0.174. The van der Waals surface area contributed by atoms with E-state index in [1.807, 2.05) is 99.6 Å². The van der Waals surface area contributed by atoms with Crippen LogP contribution >= 0.6 is 0 Å². The number of ether oxygens (including phenoxy) is 1. The first-order chi connectivity index (χ1) is 12.0. The Morgan fingerprint density at radius 1 is 0.760 bits per heavy atom. The van der Waals surface area contributed by atoms with E-state index in [0.717, 1.165) is 22.3 Å². The van der Waals surface area contributed by atoms with E-state index in [0.29, 0.717) is 5.56 Å². The average Bonchev–Trinajstić information content (AvgIpc) is 2.62. The Bertz CT molecular complexity index is 807. The molecule has 2 heteroatoms. The van der Waals surface area contributed by atoms with Gasteiger partial charge in [-0.3, -0.25) is 0 Å². The third-order valence-corrected chi connectivity index (χ3v) is 4.40. The second kappa shape index (κ2) is 6.94. The van der Waals surface area contributed by atoms with Gasteiger partial charge in [0.05, 0.1) is 5.56 Å². The predicted octanol–water partition coefficient (Wildman–Crippen LogP) is 5.42. The minimum Gasteiger partial charge on any atom is -0.446 e. The first-order valence-corrected chi connectivity index (χ1v) is 8.42. The second-order valence-corrected chi connectivity index (χ2v) is 6.53. The van der Waals surface area contributed by atoms with Crippen molar-refractivity contribution in [1.29, 1.82) is 0 Å². The van der Waals surface area contributed by atoms with Crippen LogP contribution in [0.15, 0.2) is 78.9 Å². The smallest absolute Gasteiger partial charge is 0.339 e. The van der Waals surface area contributed by atoms with Crippen LogP contribution in [0.2, 0.25) is 0 Å². The third-order valence-electron chi connectivity index (χ3n) is 4.40. The molecule has 0 saturated heterocycles. The lowest BCUT2D eigenvalue weighted by Crippen LogP contribution is -2.30. The molecule has 3 rings (SSSR count). The van der Waals surface area contributed by atoms with Crippen LogP contribution in [0.25, 0.3) is 0 Å². The van der Waals surface area contributed by atoms with Gasteiger partial charge in [-0.1, -0.05) is 77.9 Å². The van der Waals surface area contributed by atoms with E-state index in [1.165, 1.54) is 0 Å². The monoisotopic (exact) mass is 330 g/mol. The van der Waals surface area contributed by atoms with Crippen LogP contribution in [0.3, 0.4) is 0 Å². The minimum atomic E-state index is -0.850. The van der Waals surface area contributed by atoms with Crippen LogP contribution in [0, 0.1) is 13.8 Å². The summed E-state index contributed by atoms with van der Waals surface area (Å²) < 4.78 is 6.07. The van der Waals surface area contributed by atoms with Gasteiger partial charge in [0.1, 0.15) is 0 Å². The van der Waals surface area contributed by atoms with Gasteiger partial charge >= 0.3 is 5.97 Å². The zero-order valence-corrected chi connectivity index (χ0v) is 14.8. The molecular weight excluding hydrogens is 308 g/mol. The number of benzene rings is 3. The summed E-state index contributed by atoms with van der Waals surface area (Å²) in [6, 6.07) is 25.5. The fourth-order valence-electron chi connectivity index (χ4n) is 3.13.